The first-order valence-corrected chi connectivity index (χ1v) is 8.00. The molecule has 0 radical (unpaired) electrons. The molecule has 1 aliphatic heterocycles. The summed E-state index contributed by atoms with van der Waals surface area (Å²) in [7, 11) is 0. The molecule has 0 bridgehead atoms. The Kier molecular flexibility index (Phi) is 6.00. The van der Waals surface area contributed by atoms with Gasteiger partial charge in [-0.1, -0.05) is 29.3 Å². The van der Waals surface area contributed by atoms with E-state index in [4.69, 9.17) is 23.2 Å². The van der Waals surface area contributed by atoms with Crippen molar-refractivity contribution in [3.63, 3.8) is 0 Å². The van der Waals surface area contributed by atoms with Crippen LogP contribution in [0.3, 0.4) is 0 Å². The van der Waals surface area contributed by atoms with Crippen LogP contribution in [0.2, 0.25) is 10.0 Å². The van der Waals surface area contributed by atoms with E-state index in [1.165, 1.54) is 4.90 Å². The van der Waals surface area contributed by atoms with E-state index in [0.29, 0.717) is 36.0 Å². The van der Waals surface area contributed by atoms with Crippen molar-refractivity contribution in [3.05, 3.63) is 33.8 Å². The Morgan fingerprint density at radius 3 is 2.45 bits per heavy atom. The Bertz CT molecular complexity index is 500. The molecule has 2 nitrogen and oxygen atoms in total. The summed E-state index contributed by atoms with van der Waals surface area (Å²) < 4.78 is 37.1. The summed E-state index contributed by atoms with van der Waals surface area (Å²) in [6, 6.07) is 5.59. The molecular formula is C15H19Cl2F3N2. The van der Waals surface area contributed by atoms with Crippen molar-refractivity contribution in [2.75, 3.05) is 19.6 Å². The van der Waals surface area contributed by atoms with Crippen LogP contribution in [-0.2, 0) is 0 Å². The molecule has 1 atom stereocenters. The number of piperidine rings is 1. The van der Waals surface area contributed by atoms with Crippen molar-refractivity contribution in [1.29, 1.82) is 0 Å². The number of nitrogens with one attached hydrogen (secondary N) is 1. The number of likely N-dealkylation sites (tertiary alicyclic amines) is 1. The van der Waals surface area contributed by atoms with E-state index < -0.39 is 12.7 Å². The lowest BCUT2D eigenvalue weighted by Gasteiger charge is -2.34. The van der Waals surface area contributed by atoms with Gasteiger partial charge in [-0.15, -0.1) is 0 Å². The fourth-order valence-electron chi connectivity index (χ4n) is 2.81. The lowest BCUT2D eigenvalue weighted by molar-refractivity contribution is -0.148. The van der Waals surface area contributed by atoms with Crippen molar-refractivity contribution in [2.24, 2.45) is 0 Å². The highest BCUT2D eigenvalue weighted by Gasteiger charge is 2.32. The van der Waals surface area contributed by atoms with Gasteiger partial charge >= 0.3 is 6.18 Å². The average Bonchev–Trinajstić information content (AvgIpc) is 2.39. The average molecular weight is 355 g/mol. The van der Waals surface area contributed by atoms with Gasteiger partial charge < -0.3 is 5.32 Å². The van der Waals surface area contributed by atoms with Crippen LogP contribution in [-0.4, -0.2) is 36.8 Å². The third-order valence-corrected chi connectivity index (χ3v) is 4.47. The molecule has 7 heteroatoms. The minimum absolute atomic E-state index is 0.0314. The van der Waals surface area contributed by atoms with Gasteiger partial charge in [0.25, 0.3) is 0 Å². The molecule has 0 aromatic heterocycles. The monoisotopic (exact) mass is 354 g/mol. The number of hydrogen-bond acceptors (Lipinski definition) is 2. The Morgan fingerprint density at radius 1 is 1.27 bits per heavy atom. The third-order valence-electron chi connectivity index (χ3n) is 3.91. The Hall–Kier alpha value is -0.490. The molecule has 1 aromatic rings. The molecule has 124 valence electrons. The van der Waals surface area contributed by atoms with Gasteiger partial charge in [0.05, 0.1) is 6.54 Å². The van der Waals surface area contributed by atoms with Crippen LogP contribution in [0.15, 0.2) is 18.2 Å². The van der Waals surface area contributed by atoms with E-state index in [1.807, 2.05) is 13.0 Å². The van der Waals surface area contributed by atoms with Crippen LogP contribution in [0, 0.1) is 0 Å². The van der Waals surface area contributed by atoms with E-state index >= 15 is 0 Å². The summed E-state index contributed by atoms with van der Waals surface area (Å²) in [5, 5.41) is 4.63. The largest absolute Gasteiger partial charge is 0.401 e. The van der Waals surface area contributed by atoms with Crippen LogP contribution >= 0.6 is 23.2 Å². The van der Waals surface area contributed by atoms with Crippen molar-refractivity contribution in [3.8, 4) is 0 Å². The zero-order valence-corrected chi connectivity index (χ0v) is 13.8. The molecule has 2 rings (SSSR count). The minimum atomic E-state index is -4.12. The van der Waals surface area contributed by atoms with Crippen LogP contribution in [0.1, 0.15) is 31.4 Å². The highest BCUT2D eigenvalue weighted by molar-refractivity contribution is 6.35. The van der Waals surface area contributed by atoms with Crippen LogP contribution < -0.4 is 5.32 Å². The molecule has 22 heavy (non-hydrogen) atoms. The second-order valence-electron chi connectivity index (χ2n) is 5.72. The molecule has 0 saturated carbocycles. The molecule has 1 aromatic carbocycles. The molecular weight excluding hydrogens is 336 g/mol. The van der Waals surface area contributed by atoms with Crippen molar-refractivity contribution in [2.45, 2.75) is 38.0 Å². The summed E-state index contributed by atoms with van der Waals surface area (Å²) in [5.41, 5.74) is 0.948. The Labute approximate surface area is 138 Å². The maximum absolute atomic E-state index is 12.4. The first kappa shape index (κ1) is 17.9. The van der Waals surface area contributed by atoms with Gasteiger partial charge in [0, 0.05) is 22.1 Å². The predicted molar refractivity (Wildman–Crippen MR) is 83.5 cm³/mol. The lowest BCUT2D eigenvalue weighted by atomic mass is 10.0. The summed E-state index contributed by atoms with van der Waals surface area (Å²) >= 11 is 12.1. The molecule has 1 aliphatic rings. The second-order valence-corrected chi connectivity index (χ2v) is 6.56. The van der Waals surface area contributed by atoms with E-state index in [2.05, 4.69) is 5.32 Å². The molecule has 1 heterocycles. The number of alkyl halides is 3. The maximum atomic E-state index is 12.4. The van der Waals surface area contributed by atoms with Crippen molar-refractivity contribution in [1.82, 2.24) is 10.2 Å². The topological polar surface area (TPSA) is 15.3 Å². The smallest absolute Gasteiger partial charge is 0.307 e. The maximum Gasteiger partial charge on any atom is 0.401 e. The van der Waals surface area contributed by atoms with Gasteiger partial charge in [-0.2, -0.15) is 13.2 Å². The number of benzene rings is 1. The molecule has 1 saturated heterocycles. The number of hydrogen-bond donors (Lipinski definition) is 1. The van der Waals surface area contributed by atoms with Crippen molar-refractivity contribution >= 4 is 23.2 Å². The summed E-state index contributed by atoms with van der Waals surface area (Å²) in [6.45, 7) is 2.09. The molecule has 1 unspecified atom stereocenters. The van der Waals surface area contributed by atoms with Gasteiger partial charge in [-0.3, -0.25) is 4.90 Å². The van der Waals surface area contributed by atoms with Gasteiger partial charge in [-0.05, 0) is 50.6 Å². The van der Waals surface area contributed by atoms with Gasteiger partial charge in [0.2, 0.25) is 0 Å². The van der Waals surface area contributed by atoms with E-state index in [9.17, 15) is 13.2 Å². The molecule has 0 amide bonds. The summed E-state index contributed by atoms with van der Waals surface area (Å²) in [5.74, 6) is 0. The van der Waals surface area contributed by atoms with Crippen LogP contribution in [0.5, 0.6) is 0 Å². The Morgan fingerprint density at radius 2 is 1.91 bits per heavy atom. The number of rotatable bonds is 4. The highest BCUT2D eigenvalue weighted by Crippen LogP contribution is 2.27. The second kappa shape index (κ2) is 7.39. The number of nitrogens with zero attached hydrogens (tertiary/aromatic N) is 1. The minimum Gasteiger partial charge on any atom is -0.307 e. The molecule has 1 N–H and O–H groups in total. The normalized spacial score (nSPS) is 19.4. The zero-order chi connectivity index (χ0) is 16.3. The van der Waals surface area contributed by atoms with E-state index in [1.54, 1.807) is 12.1 Å². The van der Waals surface area contributed by atoms with Crippen molar-refractivity contribution < 1.29 is 13.2 Å². The van der Waals surface area contributed by atoms with Crippen LogP contribution in [0.25, 0.3) is 0 Å². The zero-order valence-electron chi connectivity index (χ0n) is 12.3. The number of halogens is 5. The fourth-order valence-corrected chi connectivity index (χ4v) is 3.38. The van der Waals surface area contributed by atoms with E-state index in [0.717, 1.165) is 5.56 Å². The first-order valence-electron chi connectivity index (χ1n) is 7.25. The first-order chi connectivity index (χ1) is 10.2. The summed E-state index contributed by atoms with van der Waals surface area (Å²) in [6.07, 6.45) is -2.72. The third kappa shape index (κ3) is 5.30. The SMILES string of the molecule is CC(NC1CCN(CC(F)(F)F)CC1)c1ccc(Cl)cc1Cl. The quantitative estimate of drug-likeness (QED) is 0.844. The Balaban J connectivity index is 1.85. The fraction of sp³-hybridized carbons (Fsp3) is 0.600. The molecule has 1 fully saturated rings. The van der Waals surface area contributed by atoms with Crippen LogP contribution in [0.4, 0.5) is 13.2 Å². The molecule has 0 aliphatic carbocycles. The van der Waals surface area contributed by atoms with Gasteiger partial charge in [0.1, 0.15) is 0 Å². The van der Waals surface area contributed by atoms with E-state index in [-0.39, 0.29) is 12.1 Å². The van der Waals surface area contributed by atoms with Gasteiger partial charge in [0.15, 0.2) is 0 Å². The van der Waals surface area contributed by atoms with Gasteiger partial charge in [-0.25, -0.2) is 0 Å². The predicted octanol–water partition coefficient (Wildman–Crippen LogP) is 4.67. The lowest BCUT2D eigenvalue weighted by Crippen LogP contribution is -2.46. The summed E-state index contributed by atoms with van der Waals surface area (Å²) in [4.78, 5) is 1.46. The standard InChI is InChI=1S/C15H19Cl2F3N2/c1-10(13-3-2-11(16)8-14(13)17)21-12-4-6-22(7-5-12)9-15(18,19)20/h2-3,8,10,12,21H,4-7,9H2,1H3. The highest BCUT2D eigenvalue weighted by atomic mass is 35.5. The molecule has 0 spiro atoms.